The maximum absolute atomic E-state index is 12.9. The van der Waals surface area contributed by atoms with Gasteiger partial charge in [0.1, 0.15) is 17.7 Å². The second kappa shape index (κ2) is 3.97. The second-order valence-corrected chi connectivity index (χ2v) is 3.29. The molecule has 1 heterocycles. The summed E-state index contributed by atoms with van der Waals surface area (Å²) in [7, 11) is 0. The van der Waals surface area contributed by atoms with Gasteiger partial charge >= 0.3 is 0 Å². The standard InChI is InChI=1S/C10H8F2N2O2/c1-5(15)9-13-10(16-14-9)6-2-7(11)4-8(12)3-6/h2-5,15H,1H3. The lowest BCUT2D eigenvalue weighted by Gasteiger charge is -1.95. The van der Waals surface area contributed by atoms with Crippen molar-refractivity contribution in [1.29, 1.82) is 0 Å². The second-order valence-electron chi connectivity index (χ2n) is 3.29. The van der Waals surface area contributed by atoms with Gasteiger partial charge in [-0.15, -0.1) is 0 Å². The Morgan fingerprint density at radius 3 is 2.38 bits per heavy atom. The highest BCUT2D eigenvalue weighted by Gasteiger charge is 2.13. The smallest absolute Gasteiger partial charge is 0.258 e. The summed E-state index contributed by atoms with van der Waals surface area (Å²) in [6.07, 6.45) is -0.893. The van der Waals surface area contributed by atoms with Crippen molar-refractivity contribution in [1.82, 2.24) is 10.1 Å². The normalized spacial score (nSPS) is 12.8. The van der Waals surface area contributed by atoms with Crippen LogP contribution in [-0.2, 0) is 0 Å². The fourth-order valence-corrected chi connectivity index (χ4v) is 1.20. The van der Waals surface area contributed by atoms with E-state index in [4.69, 9.17) is 9.63 Å². The minimum atomic E-state index is -0.893. The number of rotatable bonds is 2. The zero-order valence-electron chi connectivity index (χ0n) is 8.32. The molecule has 2 rings (SSSR count). The van der Waals surface area contributed by atoms with Crippen molar-refractivity contribution in [2.75, 3.05) is 0 Å². The van der Waals surface area contributed by atoms with Gasteiger partial charge in [-0.3, -0.25) is 0 Å². The molecule has 0 bridgehead atoms. The average Bonchev–Trinajstić information content (AvgIpc) is 2.64. The summed E-state index contributed by atoms with van der Waals surface area (Å²) in [4.78, 5) is 3.80. The molecule has 16 heavy (non-hydrogen) atoms. The van der Waals surface area contributed by atoms with Gasteiger partial charge in [-0.1, -0.05) is 5.16 Å². The van der Waals surface area contributed by atoms with E-state index in [1.54, 1.807) is 0 Å². The van der Waals surface area contributed by atoms with E-state index >= 15 is 0 Å². The third-order valence-electron chi connectivity index (χ3n) is 1.92. The van der Waals surface area contributed by atoms with E-state index in [0.717, 1.165) is 18.2 Å². The number of aliphatic hydroxyl groups is 1. The van der Waals surface area contributed by atoms with Crippen molar-refractivity contribution in [2.45, 2.75) is 13.0 Å². The Bertz CT molecular complexity index is 491. The third-order valence-corrected chi connectivity index (χ3v) is 1.92. The summed E-state index contributed by atoms with van der Waals surface area (Å²) < 4.78 is 30.6. The van der Waals surface area contributed by atoms with Crippen LogP contribution in [-0.4, -0.2) is 15.2 Å². The van der Waals surface area contributed by atoms with Gasteiger partial charge in [0.05, 0.1) is 0 Å². The topological polar surface area (TPSA) is 59.2 Å². The zero-order chi connectivity index (χ0) is 11.7. The van der Waals surface area contributed by atoms with E-state index in [0.29, 0.717) is 0 Å². The van der Waals surface area contributed by atoms with Crippen LogP contribution in [0, 0.1) is 11.6 Å². The fourth-order valence-electron chi connectivity index (χ4n) is 1.20. The van der Waals surface area contributed by atoms with Crippen LogP contribution in [0.1, 0.15) is 18.9 Å². The van der Waals surface area contributed by atoms with Gasteiger partial charge in [0.2, 0.25) is 0 Å². The van der Waals surface area contributed by atoms with Crippen LogP contribution in [0.5, 0.6) is 0 Å². The summed E-state index contributed by atoms with van der Waals surface area (Å²) in [6.45, 7) is 1.46. The monoisotopic (exact) mass is 226 g/mol. The average molecular weight is 226 g/mol. The van der Waals surface area contributed by atoms with Crippen molar-refractivity contribution >= 4 is 0 Å². The fraction of sp³-hybridized carbons (Fsp3) is 0.200. The molecule has 1 aromatic heterocycles. The Hall–Kier alpha value is -1.82. The van der Waals surface area contributed by atoms with Gasteiger partial charge in [-0.25, -0.2) is 8.78 Å². The minimum Gasteiger partial charge on any atom is -0.385 e. The van der Waals surface area contributed by atoms with Crippen LogP contribution < -0.4 is 0 Å². The summed E-state index contributed by atoms with van der Waals surface area (Å²) >= 11 is 0. The highest BCUT2D eigenvalue weighted by molar-refractivity contribution is 5.52. The molecule has 0 radical (unpaired) electrons. The number of halogens is 2. The maximum Gasteiger partial charge on any atom is 0.258 e. The molecule has 2 aromatic rings. The molecule has 0 aliphatic carbocycles. The number of nitrogens with zero attached hydrogens (tertiary/aromatic N) is 2. The van der Waals surface area contributed by atoms with E-state index in [1.807, 2.05) is 0 Å². The minimum absolute atomic E-state index is 0.0331. The lowest BCUT2D eigenvalue weighted by molar-refractivity contribution is 0.184. The first-order chi connectivity index (χ1) is 7.56. The number of aromatic nitrogens is 2. The van der Waals surface area contributed by atoms with E-state index in [2.05, 4.69) is 10.1 Å². The van der Waals surface area contributed by atoms with Crippen LogP contribution in [0.2, 0.25) is 0 Å². The van der Waals surface area contributed by atoms with E-state index < -0.39 is 17.7 Å². The Balaban J connectivity index is 2.42. The van der Waals surface area contributed by atoms with E-state index in [9.17, 15) is 8.78 Å². The first-order valence-electron chi connectivity index (χ1n) is 4.54. The van der Waals surface area contributed by atoms with Crippen LogP contribution in [0.4, 0.5) is 8.78 Å². The molecule has 0 saturated carbocycles. The van der Waals surface area contributed by atoms with Crippen molar-refractivity contribution in [3.8, 4) is 11.5 Å². The first-order valence-corrected chi connectivity index (χ1v) is 4.54. The van der Waals surface area contributed by atoms with Crippen LogP contribution in [0.25, 0.3) is 11.5 Å². The zero-order valence-corrected chi connectivity index (χ0v) is 8.32. The van der Waals surface area contributed by atoms with Gasteiger partial charge in [-0.2, -0.15) is 4.98 Å². The molecule has 0 aliphatic rings. The largest absolute Gasteiger partial charge is 0.385 e. The summed E-state index contributed by atoms with van der Waals surface area (Å²) in [6, 6.07) is 2.89. The van der Waals surface area contributed by atoms with Gasteiger partial charge < -0.3 is 9.63 Å². The van der Waals surface area contributed by atoms with Gasteiger partial charge in [-0.05, 0) is 19.1 Å². The summed E-state index contributed by atoms with van der Waals surface area (Å²) in [5.74, 6) is -1.42. The summed E-state index contributed by atoms with van der Waals surface area (Å²) in [5.41, 5.74) is 0.136. The first kappa shape index (κ1) is 10.7. The van der Waals surface area contributed by atoms with E-state index in [-0.39, 0.29) is 17.3 Å². The van der Waals surface area contributed by atoms with E-state index in [1.165, 1.54) is 6.92 Å². The number of aliphatic hydroxyl groups excluding tert-OH is 1. The number of hydrogen-bond acceptors (Lipinski definition) is 4. The molecule has 0 fully saturated rings. The molecule has 0 saturated heterocycles. The van der Waals surface area contributed by atoms with Crippen LogP contribution >= 0.6 is 0 Å². The molecule has 4 nitrogen and oxygen atoms in total. The molecule has 0 spiro atoms. The van der Waals surface area contributed by atoms with Crippen molar-refractivity contribution < 1.29 is 18.4 Å². The molecule has 1 N–H and O–H groups in total. The van der Waals surface area contributed by atoms with Gasteiger partial charge in [0.25, 0.3) is 5.89 Å². The van der Waals surface area contributed by atoms with Crippen LogP contribution in [0.15, 0.2) is 22.7 Å². The Morgan fingerprint density at radius 1 is 1.25 bits per heavy atom. The van der Waals surface area contributed by atoms with Crippen LogP contribution in [0.3, 0.4) is 0 Å². The molecular formula is C10H8F2N2O2. The number of hydrogen-bond donors (Lipinski definition) is 1. The highest BCUT2D eigenvalue weighted by atomic mass is 19.1. The SMILES string of the molecule is CC(O)c1noc(-c2cc(F)cc(F)c2)n1. The van der Waals surface area contributed by atoms with Crippen molar-refractivity contribution in [3.63, 3.8) is 0 Å². The lowest BCUT2D eigenvalue weighted by atomic mass is 10.2. The highest BCUT2D eigenvalue weighted by Crippen LogP contribution is 2.21. The molecule has 1 atom stereocenters. The molecule has 0 amide bonds. The Labute approximate surface area is 89.5 Å². The third kappa shape index (κ3) is 2.06. The molecule has 0 aliphatic heterocycles. The summed E-state index contributed by atoms with van der Waals surface area (Å²) in [5, 5.41) is 12.6. The molecule has 1 unspecified atom stereocenters. The Kier molecular flexibility index (Phi) is 2.66. The molecule has 6 heteroatoms. The lowest BCUT2D eigenvalue weighted by Crippen LogP contribution is -1.93. The van der Waals surface area contributed by atoms with Crippen molar-refractivity contribution in [3.05, 3.63) is 35.7 Å². The maximum atomic E-state index is 12.9. The van der Waals surface area contributed by atoms with Gasteiger partial charge in [0.15, 0.2) is 5.82 Å². The predicted molar refractivity (Wildman–Crippen MR) is 50.3 cm³/mol. The van der Waals surface area contributed by atoms with Crippen molar-refractivity contribution in [2.24, 2.45) is 0 Å². The predicted octanol–water partition coefficient (Wildman–Crippen LogP) is 2.07. The Morgan fingerprint density at radius 2 is 1.88 bits per heavy atom. The molecule has 1 aromatic carbocycles. The number of benzene rings is 1. The quantitative estimate of drug-likeness (QED) is 0.851. The van der Waals surface area contributed by atoms with Gasteiger partial charge in [0, 0.05) is 11.6 Å². The molecular weight excluding hydrogens is 218 g/mol. The molecule has 84 valence electrons.